The quantitative estimate of drug-likeness (QED) is 0.103. The molecule has 29 heteroatoms. The SMILES string of the molecule is CCCC(=O)Nc1ncnc2c1ncn2[C@@H]1O[C@@H]2COP(=O)([O-])O[C@H]2[C@H]1OC(=O)CCC.CCCC(=O)Nc1ncnc2c1ncn2[C@@H]1O[C@@H]2COP(=O)([O-])O[C@H]2[C@H]1OC(=O)CCC.[Ca+2]. The summed E-state index contributed by atoms with van der Waals surface area (Å²) in [6.45, 7) is 6.85. The van der Waals surface area contributed by atoms with Crippen molar-refractivity contribution in [2.24, 2.45) is 0 Å². The molecule has 0 aliphatic carbocycles. The van der Waals surface area contributed by atoms with Crippen molar-refractivity contribution in [1.82, 2.24) is 39.0 Å². The van der Waals surface area contributed by atoms with E-state index in [1.807, 2.05) is 27.7 Å². The van der Waals surface area contributed by atoms with E-state index < -0.39 is 76.7 Å². The molecule has 4 aliphatic rings. The van der Waals surface area contributed by atoms with Crippen LogP contribution in [-0.2, 0) is 65.4 Å². The molecule has 26 nitrogen and oxygen atoms in total. The Morgan fingerprint density at radius 2 is 1.03 bits per heavy atom. The number of imidazole rings is 2. The van der Waals surface area contributed by atoms with Crippen LogP contribution < -0.4 is 20.4 Å². The van der Waals surface area contributed by atoms with E-state index >= 15 is 0 Å². The van der Waals surface area contributed by atoms with Gasteiger partial charge in [-0.25, -0.2) is 29.9 Å². The van der Waals surface area contributed by atoms with Crippen molar-refractivity contribution >= 4 is 111 Å². The Labute approximate surface area is 400 Å². The summed E-state index contributed by atoms with van der Waals surface area (Å²) >= 11 is 0. The second-order valence-electron chi connectivity index (χ2n) is 14.9. The van der Waals surface area contributed by atoms with Crippen LogP contribution in [0.1, 0.15) is 91.5 Å². The molecular formula is C36H46CaN10O16P2. The largest absolute Gasteiger partial charge is 2.00 e. The molecule has 8 heterocycles. The Kier molecular flexibility index (Phi) is 17.2. The molecule has 348 valence electrons. The molecule has 0 saturated carbocycles. The summed E-state index contributed by atoms with van der Waals surface area (Å²) in [5.74, 6) is -1.01. The van der Waals surface area contributed by atoms with Crippen LogP contribution in [0.25, 0.3) is 22.3 Å². The second kappa shape index (κ2) is 22.0. The number of nitrogens with one attached hydrogen (secondary N) is 2. The van der Waals surface area contributed by atoms with Crippen LogP contribution in [-0.4, -0.2) is 150 Å². The van der Waals surface area contributed by atoms with E-state index in [-0.39, 0.29) is 87.2 Å². The number of hydrogen-bond acceptors (Lipinski definition) is 22. The van der Waals surface area contributed by atoms with Crippen molar-refractivity contribution in [3.63, 3.8) is 0 Å². The first-order valence-electron chi connectivity index (χ1n) is 20.6. The number of ether oxygens (including phenoxy) is 4. The number of aromatic nitrogens is 8. The van der Waals surface area contributed by atoms with Crippen molar-refractivity contribution in [2.45, 2.75) is 128 Å². The summed E-state index contributed by atoms with van der Waals surface area (Å²) < 4.78 is 69.4. The molecule has 8 rings (SSSR count). The topological polar surface area (TPSA) is 334 Å². The number of amides is 2. The third kappa shape index (κ3) is 11.7. The zero-order valence-corrected chi connectivity index (χ0v) is 39.7. The summed E-state index contributed by atoms with van der Waals surface area (Å²) in [5.41, 5.74) is 1.22. The third-order valence-corrected chi connectivity index (χ3v) is 12.0. The molecular weight excluding hydrogens is 930 g/mol. The van der Waals surface area contributed by atoms with Crippen LogP contribution in [0.15, 0.2) is 25.3 Å². The normalized spacial score (nSPS) is 29.1. The fourth-order valence-corrected chi connectivity index (χ4v) is 9.15. The first-order valence-corrected chi connectivity index (χ1v) is 23.5. The van der Waals surface area contributed by atoms with E-state index in [1.54, 1.807) is 0 Å². The maximum absolute atomic E-state index is 12.2. The number of phosphoric ester groups is 2. The van der Waals surface area contributed by atoms with Crippen molar-refractivity contribution in [2.75, 3.05) is 23.8 Å². The molecule has 0 aromatic carbocycles. The molecule has 2 N–H and O–H groups in total. The second-order valence-corrected chi connectivity index (χ2v) is 17.6. The molecule has 65 heavy (non-hydrogen) atoms. The van der Waals surface area contributed by atoms with Crippen LogP contribution in [0.5, 0.6) is 0 Å². The summed E-state index contributed by atoms with van der Waals surface area (Å²) in [6, 6.07) is 0. The molecule has 0 bridgehead atoms. The number of rotatable bonds is 14. The van der Waals surface area contributed by atoms with Gasteiger partial charge < -0.3 is 57.5 Å². The maximum Gasteiger partial charge on any atom is 2.00 e. The maximum atomic E-state index is 12.2. The van der Waals surface area contributed by atoms with E-state index in [9.17, 15) is 38.1 Å². The molecule has 4 aromatic heterocycles. The number of esters is 2. The summed E-state index contributed by atoms with van der Waals surface area (Å²) in [4.78, 5) is 97.4. The molecule has 4 aliphatic heterocycles. The molecule has 2 unspecified atom stereocenters. The van der Waals surface area contributed by atoms with Gasteiger partial charge >= 0.3 is 49.7 Å². The smallest absolute Gasteiger partial charge is 0.756 e. The molecule has 4 fully saturated rings. The molecule has 4 aromatic rings. The summed E-state index contributed by atoms with van der Waals surface area (Å²) in [5, 5.41) is 5.39. The Morgan fingerprint density at radius 1 is 0.646 bits per heavy atom. The molecule has 0 spiro atoms. The van der Waals surface area contributed by atoms with Gasteiger partial charge in [0.25, 0.3) is 15.6 Å². The fourth-order valence-electron chi connectivity index (χ4n) is 7.26. The number of carbonyl (C=O) groups excluding carboxylic acids is 4. The van der Waals surface area contributed by atoms with Gasteiger partial charge in [0.2, 0.25) is 11.8 Å². The Balaban J connectivity index is 0.000000212. The predicted octanol–water partition coefficient (Wildman–Crippen LogP) is 1.74. The van der Waals surface area contributed by atoms with Crippen molar-refractivity contribution in [3.8, 4) is 0 Å². The minimum absolute atomic E-state index is 0. The average molecular weight is 977 g/mol. The first-order chi connectivity index (χ1) is 30.6. The number of fused-ring (bicyclic) bond motifs is 4. The monoisotopic (exact) mass is 976 g/mol. The van der Waals surface area contributed by atoms with E-state index in [4.69, 9.17) is 37.0 Å². The van der Waals surface area contributed by atoms with Gasteiger partial charge in [-0.3, -0.25) is 37.4 Å². The van der Waals surface area contributed by atoms with Gasteiger partial charge in [-0.1, -0.05) is 27.7 Å². The van der Waals surface area contributed by atoms with Gasteiger partial charge in [0.15, 0.2) is 58.6 Å². The van der Waals surface area contributed by atoms with Crippen LogP contribution in [0, 0.1) is 0 Å². The summed E-state index contributed by atoms with van der Waals surface area (Å²) in [7, 11) is -9.11. The van der Waals surface area contributed by atoms with E-state index in [0.717, 1.165) is 0 Å². The van der Waals surface area contributed by atoms with Crippen LogP contribution >= 0.6 is 15.6 Å². The zero-order valence-electron chi connectivity index (χ0n) is 35.7. The molecule has 4 saturated heterocycles. The Bertz CT molecular complexity index is 2300. The van der Waals surface area contributed by atoms with Gasteiger partial charge in [-0.05, 0) is 25.7 Å². The van der Waals surface area contributed by atoms with Gasteiger partial charge in [-0.2, -0.15) is 0 Å². The van der Waals surface area contributed by atoms with Gasteiger partial charge in [0.1, 0.15) is 37.1 Å². The van der Waals surface area contributed by atoms with Crippen LogP contribution in [0.3, 0.4) is 0 Å². The van der Waals surface area contributed by atoms with Crippen molar-refractivity contribution < 1.29 is 75.1 Å². The average Bonchev–Trinajstić information content (AvgIpc) is 4.02. The predicted molar refractivity (Wildman–Crippen MR) is 218 cm³/mol. The standard InChI is InChI=1S/2C18H24N5O8P.Ca/c2*1-3-5-11(24)22-16-13-17(20-8-19-16)23(9-21-13)18-15(30-12(25)6-4-2)14-10(29-18)7-28-32(26,27)31-14;/h2*8-10,14-15,18H,3-7H2,1-2H3,(H,26,27)(H,19,20,22,24);/q;;+2/p-2/t2*10-,14-,15-,18-;/m11./s1. The molecule has 2 amide bonds. The van der Waals surface area contributed by atoms with Gasteiger partial charge in [0, 0.05) is 25.7 Å². The van der Waals surface area contributed by atoms with Crippen LogP contribution in [0.4, 0.5) is 11.6 Å². The number of carbonyl (C=O) groups is 4. The number of phosphoric acid groups is 2. The molecule has 10 atom stereocenters. The summed E-state index contributed by atoms with van der Waals surface area (Å²) in [6.07, 6.45) is 0.808. The van der Waals surface area contributed by atoms with E-state index in [0.29, 0.717) is 60.9 Å². The number of anilines is 2. The minimum Gasteiger partial charge on any atom is -0.756 e. The number of nitrogens with zero attached hydrogens (tertiary/aromatic N) is 8. The fraction of sp³-hybridized carbons (Fsp3) is 0.611. The Morgan fingerprint density at radius 3 is 1.40 bits per heavy atom. The van der Waals surface area contributed by atoms with Crippen molar-refractivity contribution in [1.29, 1.82) is 0 Å². The van der Waals surface area contributed by atoms with Gasteiger partial charge in [-0.15, -0.1) is 0 Å². The van der Waals surface area contributed by atoms with Crippen molar-refractivity contribution in [3.05, 3.63) is 25.3 Å². The zero-order chi connectivity index (χ0) is 45.8. The van der Waals surface area contributed by atoms with Gasteiger partial charge in [0.05, 0.1) is 25.9 Å². The van der Waals surface area contributed by atoms with Crippen LogP contribution in [0.2, 0.25) is 0 Å². The first kappa shape index (κ1) is 50.8. The van der Waals surface area contributed by atoms with E-state index in [2.05, 4.69) is 40.5 Å². The molecule has 0 radical (unpaired) electrons. The minimum atomic E-state index is -4.55. The van der Waals surface area contributed by atoms with E-state index in [1.165, 1.54) is 34.4 Å². The Hall–Kier alpha value is -3.62. The third-order valence-electron chi connectivity index (χ3n) is 10.0. The number of hydrogen-bond donors (Lipinski definition) is 2.